The van der Waals surface area contributed by atoms with Gasteiger partial charge in [-0.15, -0.1) is 0 Å². The van der Waals surface area contributed by atoms with Gasteiger partial charge in [0.25, 0.3) is 0 Å². The van der Waals surface area contributed by atoms with E-state index in [1.807, 2.05) is 0 Å². The molecule has 2 N–H and O–H groups in total. The second kappa shape index (κ2) is 6.91. The van der Waals surface area contributed by atoms with Crippen molar-refractivity contribution >= 4 is 0 Å². The van der Waals surface area contributed by atoms with Crippen LogP contribution in [0.1, 0.15) is 71.1 Å². The lowest BCUT2D eigenvalue weighted by molar-refractivity contribution is 0.0533. The molecule has 18 heavy (non-hydrogen) atoms. The Bertz CT molecular complexity index is 229. The normalized spacial score (nSPS) is 23.0. The highest BCUT2D eigenvalue weighted by Crippen LogP contribution is 2.42. The van der Waals surface area contributed by atoms with Crippen LogP contribution in [0.25, 0.3) is 0 Å². The van der Waals surface area contributed by atoms with Gasteiger partial charge in [0, 0.05) is 18.6 Å². The van der Waals surface area contributed by atoms with E-state index in [1.54, 1.807) is 0 Å². The Balaban J connectivity index is 1.36. The minimum Gasteiger partial charge on any atom is -0.323 e. The maximum Gasteiger partial charge on any atom is 0.0440 e. The summed E-state index contributed by atoms with van der Waals surface area (Å²) >= 11 is 0. The number of rotatable bonds is 10. The van der Waals surface area contributed by atoms with Crippen molar-refractivity contribution in [1.82, 2.24) is 4.90 Å². The summed E-state index contributed by atoms with van der Waals surface area (Å²) in [5, 5.41) is 0. The summed E-state index contributed by atoms with van der Waals surface area (Å²) in [4.78, 5) is 2.56. The van der Waals surface area contributed by atoms with E-state index in [-0.39, 0.29) is 5.54 Å². The molecule has 1 saturated heterocycles. The number of nitrogens with zero attached hydrogens (tertiary/aromatic N) is 1. The Morgan fingerprint density at radius 3 is 2.06 bits per heavy atom. The van der Waals surface area contributed by atoms with Crippen molar-refractivity contribution in [3.63, 3.8) is 0 Å². The van der Waals surface area contributed by atoms with E-state index < -0.39 is 0 Å². The van der Waals surface area contributed by atoms with Crippen LogP contribution < -0.4 is 5.73 Å². The molecule has 0 radical (unpaired) electrons. The fourth-order valence-electron chi connectivity index (χ4n) is 3.33. The van der Waals surface area contributed by atoms with Gasteiger partial charge in [0.2, 0.25) is 0 Å². The van der Waals surface area contributed by atoms with Crippen LogP contribution in [-0.2, 0) is 0 Å². The minimum absolute atomic E-state index is 0.222. The molecule has 0 amide bonds. The number of hydrogen-bond acceptors (Lipinski definition) is 2. The quantitative estimate of drug-likeness (QED) is 0.602. The third kappa shape index (κ3) is 4.24. The van der Waals surface area contributed by atoms with Crippen LogP contribution in [0.2, 0.25) is 0 Å². The minimum atomic E-state index is 0.222. The SMILES string of the molecule is CCCCCCCCCCN1CC(N)(C2CC2)C1. The van der Waals surface area contributed by atoms with E-state index in [9.17, 15) is 0 Å². The molecular weight excluding hydrogens is 220 g/mol. The van der Waals surface area contributed by atoms with Crippen LogP contribution in [0.5, 0.6) is 0 Å². The van der Waals surface area contributed by atoms with Crippen molar-refractivity contribution < 1.29 is 0 Å². The van der Waals surface area contributed by atoms with E-state index >= 15 is 0 Å². The smallest absolute Gasteiger partial charge is 0.0440 e. The number of nitrogens with two attached hydrogens (primary N) is 1. The van der Waals surface area contributed by atoms with Gasteiger partial charge in [-0.05, 0) is 31.7 Å². The van der Waals surface area contributed by atoms with Crippen molar-refractivity contribution in [2.45, 2.75) is 76.7 Å². The average molecular weight is 252 g/mol. The summed E-state index contributed by atoms with van der Waals surface area (Å²) in [6.07, 6.45) is 14.1. The Hall–Kier alpha value is -0.0800. The van der Waals surface area contributed by atoms with E-state index in [1.165, 1.54) is 83.8 Å². The van der Waals surface area contributed by atoms with Crippen molar-refractivity contribution in [1.29, 1.82) is 0 Å². The standard InChI is InChI=1S/C16H32N2/c1-2-3-4-5-6-7-8-9-12-18-13-16(17,14-18)15-10-11-15/h15H,2-14,17H2,1H3. The lowest BCUT2D eigenvalue weighted by Gasteiger charge is -2.48. The molecule has 0 spiro atoms. The molecule has 0 aromatic heterocycles. The third-order valence-electron chi connectivity index (χ3n) is 4.75. The molecule has 1 saturated carbocycles. The first-order valence-electron chi connectivity index (χ1n) is 8.26. The summed E-state index contributed by atoms with van der Waals surface area (Å²) in [6.45, 7) is 5.93. The molecular formula is C16H32N2. The molecule has 2 aliphatic rings. The zero-order valence-electron chi connectivity index (χ0n) is 12.3. The molecule has 0 aromatic rings. The molecule has 1 aliphatic carbocycles. The Kier molecular flexibility index (Phi) is 5.50. The Morgan fingerprint density at radius 2 is 1.50 bits per heavy atom. The second-order valence-electron chi connectivity index (χ2n) is 6.69. The third-order valence-corrected chi connectivity index (χ3v) is 4.75. The summed E-state index contributed by atoms with van der Waals surface area (Å²) in [5.74, 6) is 0.868. The van der Waals surface area contributed by atoms with Crippen LogP contribution in [0.15, 0.2) is 0 Å². The zero-order valence-corrected chi connectivity index (χ0v) is 12.3. The molecule has 0 bridgehead atoms. The van der Waals surface area contributed by atoms with E-state index in [0.717, 1.165) is 5.92 Å². The summed E-state index contributed by atoms with van der Waals surface area (Å²) in [5.41, 5.74) is 6.58. The highest BCUT2D eigenvalue weighted by molar-refractivity contribution is 5.08. The van der Waals surface area contributed by atoms with Crippen molar-refractivity contribution in [3.05, 3.63) is 0 Å². The molecule has 2 rings (SSSR count). The predicted molar refractivity (Wildman–Crippen MR) is 78.7 cm³/mol. The Morgan fingerprint density at radius 1 is 0.944 bits per heavy atom. The maximum absolute atomic E-state index is 6.36. The first kappa shape index (κ1) is 14.3. The molecule has 1 aliphatic heterocycles. The van der Waals surface area contributed by atoms with E-state index in [4.69, 9.17) is 5.73 Å². The number of likely N-dealkylation sites (tertiary alicyclic amines) is 1. The monoisotopic (exact) mass is 252 g/mol. The first-order chi connectivity index (χ1) is 8.74. The maximum atomic E-state index is 6.36. The highest BCUT2D eigenvalue weighted by atomic mass is 15.3. The lowest BCUT2D eigenvalue weighted by atomic mass is 9.85. The molecule has 106 valence electrons. The van der Waals surface area contributed by atoms with Crippen LogP contribution in [0.3, 0.4) is 0 Å². The van der Waals surface area contributed by atoms with Gasteiger partial charge in [0.1, 0.15) is 0 Å². The summed E-state index contributed by atoms with van der Waals surface area (Å²) in [7, 11) is 0. The van der Waals surface area contributed by atoms with Crippen molar-refractivity contribution in [2.24, 2.45) is 11.7 Å². The molecule has 0 unspecified atom stereocenters. The summed E-state index contributed by atoms with van der Waals surface area (Å²) in [6, 6.07) is 0. The number of hydrogen-bond donors (Lipinski definition) is 1. The second-order valence-corrected chi connectivity index (χ2v) is 6.69. The molecule has 2 heteroatoms. The lowest BCUT2D eigenvalue weighted by Crippen LogP contribution is -2.68. The van der Waals surface area contributed by atoms with Crippen LogP contribution in [-0.4, -0.2) is 30.1 Å². The van der Waals surface area contributed by atoms with Crippen LogP contribution in [0.4, 0.5) is 0 Å². The fourth-order valence-corrected chi connectivity index (χ4v) is 3.33. The van der Waals surface area contributed by atoms with E-state index in [2.05, 4.69) is 11.8 Å². The fraction of sp³-hybridized carbons (Fsp3) is 1.00. The topological polar surface area (TPSA) is 29.3 Å². The van der Waals surface area contributed by atoms with Crippen LogP contribution >= 0.6 is 0 Å². The van der Waals surface area contributed by atoms with Gasteiger partial charge in [-0.2, -0.15) is 0 Å². The molecule has 0 atom stereocenters. The zero-order chi connectivity index (χ0) is 12.8. The molecule has 2 nitrogen and oxygen atoms in total. The van der Waals surface area contributed by atoms with Crippen molar-refractivity contribution in [2.75, 3.05) is 19.6 Å². The Labute approximate surface area is 113 Å². The molecule has 0 aromatic carbocycles. The van der Waals surface area contributed by atoms with Gasteiger partial charge < -0.3 is 5.73 Å². The molecule has 1 heterocycles. The number of unbranched alkanes of at least 4 members (excludes halogenated alkanes) is 7. The highest BCUT2D eigenvalue weighted by Gasteiger charge is 2.49. The van der Waals surface area contributed by atoms with Gasteiger partial charge >= 0.3 is 0 Å². The first-order valence-corrected chi connectivity index (χ1v) is 8.26. The van der Waals surface area contributed by atoms with Gasteiger partial charge in [-0.25, -0.2) is 0 Å². The van der Waals surface area contributed by atoms with Gasteiger partial charge in [0.15, 0.2) is 0 Å². The largest absolute Gasteiger partial charge is 0.323 e. The van der Waals surface area contributed by atoms with Crippen molar-refractivity contribution in [3.8, 4) is 0 Å². The van der Waals surface area contributed by atoms with Gasteiger partial charge in [0.05, 0.1) is 0 Å². The van der Waals surface area contributed by atoms with Crippen LogP contribution in [0, 0.1) is 5.92 Å². The predicted octanol–water partition coefficient (Wildman–Crippen LogP) is 3.55. The van der Waals surface area contributed by atoms with Gasteiger partial charge in [-0.3, -0.25) is 4.90 Å². The average Bonchev–Trinajstić information content (AvgIpc) is 3.14. The molecule has 2 fully saturated rings. The summed E-state index contributed by atoms with van der Waals surface area (Å²) < 4.78 is 0. The van der Waals surface area contributed by atoms with E-state index in [0.29, 0.717) is 0 Å². The van der Waals surface area contributed by atoms with Gasteiger partial charge in [-0.1, -0.05) is 51.9 Å².